The van der Waals surface area contributed by atoms with Crippen molar-refractivity contribution in [3.05, 3.63) is 65.8 Å². The van der Waals surface area contributed by atoms with Crippen LogP contribution >= 0.6 is 15.9 Å². The number of piperidine rings is 2. The van der Waals surface area contributed by atoms with Gasteiger partial charge in [-0.15, -0.1) is 0 Å². The first kappa shape index (κ1) is 34.0. The van der Waals surface area contributed by atoms with Crippen LogP contribution in [0.4, 0.5) is 41.1 Å². The number of nitrogens with zero attached hydrogens (tertiary/aromatic N) is 8. The maximum Gasteiger partial charge on any atom is 0.569 e. The summed E-state index contributed by atoms with van der Waals surface area (Å²) in [6.07, 6.45) is 6.06. The molecule has 18 heteroatoms. The van der Waals surface area contributed by atoms with Gasteiger partial charge in [0.15, 0.2) is 0 Å². The molecule has 247 valence electrons. The predicted molar refractivity (Wildman–Crippen MR) is 172 cm³/mol. The first-order valence-corrected chi connectivity index (χ1v) is 14.9. The van der Waals surface area contributed by atoms with Gasteiger partial charge < -0.3 is 30.9 Å². The summed E-state index contributed by atoms with van der Waals surface area (Å²) >= 11 is 3.17. The van der Waals surface area contributed by atoms with E-state index in [0.717, 1.165) is 10.2 Å². The van der Waals surface area contributed by atoms with Gasteiger partial charge >= 0.3 is 7.69 Å². The van der Waals surface area contributed by atoms with Crippen LogP contribution in [0, 0.1) is 23.7 Å². The first-order chi connectivity index (χ1) is 22.0. The Bertz CT molecular complexity index is 1630. The number of alkyl halides is 4. The molecule has 4 aromatic heterocycles. The van der Waals surface area contributed by atoms with E-state index in [1.165, 1.54) is 12.4 Å². The van der Waals surface area contributed by atoms with Gasteiger partial charge in [-0.25, -0.2) is 47.5 Å². The molecular formula is C29H31BBrF4N10O2. The van der Waals surface area contributed by atoms with Crippen molar-refractivity contribution in [2.75, 3.05) is 47.4 Å². The standard InChI is InChI=1S/C14H13F2N5.C9H9BF2N3O2.C5H5BrN2.CH4/c15-14(16)9-6-21(7-10(9)14)13-18-4-8(5-19-13)11-2-1-3-12(17)20-11;11-9(12)6-3-15(4-7(6)9)8-13-1-5(2-14-8)17-10-16;6-4-2-1-3-5(7)8-4;/h1-5,9-10H,6-7H2,(H2,17,20);1-2,6-7,16H,3-4H2;1-3H,(H2,7,8);1H4. The van der Waals surface area contributed by atoms with E-state index in [1.54, 1.807) is 29.4 Å². The highest BCUT2D eigenvalue weighted by molar-refractivity contribution is 9.10. The Labute approximate surface area is 277 Å². The van der Waals surface area contributed by atoms with Gasteiger partial charge in [0.1, 0.15) is 22.0 Å². The summed E-state index contributed by atoms with van der Waals surface area (Å²) in [6.45, 7) is 1.25. The molecule has 2 saturated carbocycles. The minimum absolute atomic E-state index is 0. The molecule has 0 spiro atoms. The summed E-state index contributed by atoms with van der Waals surface area (Å²) in [5, 5.41) is 8.40. The predicted octanol–water partition coefficient (Wildman–Crippen LogP) is 3.97. The highest BCUT2D eigenvalue weighted by Crippen LogP contribution is 2.60. The maximum atomic E-state index is 13.2. The summed E-state index contributed by atoms with van der Waals surface area (Å²) in [5.74, 6) is -4.96. The third kappa shape index (κ3) is 7.32. The normalized spacial score (nSPS) is 23.4. The molecule has 12 nitrogen and oxygen atoms in total. The van der Waals surface area contributed by atoms with Gasteiger partial charge in [-0.1, -0.05) is 19.6 Å². The largest absolute Gasteiger partial charge is 0.569 e. The third-order valence-electron chi connectivity index (χ3n) is 8.21. The Morgan fingerprint density at radius 1 is 0.745 bits per heavy atom. The minimum Gasteiger partial charge on any atom is -0.535 e. The van der Waals surface area contributed by atoms with E-state index in [-0.39, 0.29) is 7.43 Å². The van der Waals surface area contributed by atoms with Gasteiger partial charge in [-0.3, -0.25) is 0 Å². The molecule has 0 bridgehead atoms. The first-order valence-electron chi connectivity index (χ1n) is 14.1. The zero-order chi connectivity index (χ0) is 32.6. The summed E-state index contributed by atoms with van der Waals surface area (Å²) in [7, 11) is 0.532. The molecule has 2 aliphatic heterocycles. The monoisotopic (exact) mass is 717 g/mol. The lowest BCUT2D eigenvalue weighted by Gasteiger charge is -2.19. The number of hydrogen-bond acceptors (Lipinski definition) is 12. The van der Waals surface area contributed by atoms with E-state index < -0.39 is 35.5 Å². The number of nitrogen functional groups attached to an aromatic ring is 2. The molecule has 4 unspecified atom stereocenters. The van der Waals surface area contributed by atoms with Crippen molar-refractivity contribution in [3.63, 3.8) is 0 Å². The Balaban J connectivity index is 0.000000150. The SMILES string of the molecule is C.Nc1cccc(-c2cnc(N3CC4C(C3)C4(F)F)nc2)n1.Nc1cccc(Br)n1.O[B]Oc1cnc(N2CC3C(C2)C3(F)F)nc1. The molecule has 6 heterocycles. The molecule has 0 amide bonds. The second kappa shape index (κ2) is 13.4. The Morgan fingerprint density at radius 2 is 1.19 bits per heavy atom. The number of fused-ring (bicyclic) bond motifs is 2. The molecule has 0 aromatic carbocycles. The van der Waals surface area contributed by atoms with Crippen LogP contribution in [0.5, 0.6) is 5.75 Å². The number of anilines is 4. The second-order valence-electron chi connectivity index (χ2n) is 11.1. The van der Waals surface area contributed by atoms with E-state index >= 15 is 0 Å². The van der Waals surface area contributed by atoms with Crippen LogP contribution in [0.2, 0.25) is 0 Å². The number of halogens is 5. The number of rotatable bonds is 5. The molecule has 47 heavy (non-hydrogen) atoms. The molecule has 2 aliphatic carbocycles. The van der Waals surface area contributed by atoms with Gasteiger partial charge in [0.05, 0.1) is 41.8 Å². The highest BCUT2D eigenvalue weighted by atomic mass is 79.9. The molecule has 5 N–H and O–H groups in total. The van der Waals surface area contributed by atoms with Crippen molar-refractivity contribution >= 4 is 47.1 Å². The van der Waals surface area contributed by atoms with Crippen LogP contribution in [-0.2, 0) is 0 Å². The van der Waals surface area contributed by atoms with Crippen molar-refractivity contribution in [3.8, 4) is 17.0 Å². The second-order valence-corrected chi connectivity index (χ2v) is 11.9. The third-order valence-corrected chi connectivity index (χ3v) is 8.65. The Morgan fingerprint density at radius 3 is 1.60 bits per heavy atom. The number of nitrogens with two attached hydrogens (primary N) is 2. The van der Waals surface area contributed by atoms with Crippen LogP contribution in [0.15, 0.2) is 65.8 Å². The van der Waals surface area contributed by atoms with Gasteiger partial charge in [-0.2, -0.15) is 0 Å². The lowest BCUT2D eigenvalue weighted by molar-refractivity contribution is 0.0790. The lowest BCUT2D eigenvalue weighted by atomic mass is 10.2. The van der Waals surface area contributed by atoms with Gasteiger partial charge in [-0.05, 0) is 40.2 Å². The molecule has 4 fully saturated rings. The average Bonchev–Trinajstić information content (AvgIpc) is 3.49. The number of aromatic nitrogens is 6. The average molecular weight is 718 g/mol. The van der Waals surface area contributed by atoms with Crippen LogP contribution < -0.4 is 25.9 Å². The number of hydrogen-bond donors (Lipinski definition) is 3. The fraction of sp³-hybridized carbons (Fsp3) is 0.379. The van der Waals surface area contributed by atoms with E-state index in [9.17, 15) is 17.6 Å². The van der Waals surface area contributed by atoms with Crippen LogP contribution in [0.3, 0.4) is 0 Å². The summed E-state index contributed by atoms with van der Waals surface area (Å²) in [6, 6.07) is 10.7. The zero-order valence-corrected chi connectivity index (χ0v) is 25.6. The molecular weight excluding hydrogens is 687 g/mol. The summed E-state index contributed by atoms with van der Waals surface area (Å²) in [4.78, 5) is 28.1. The topological polar surface area (TPSA) is 165 Å². The quantitative estimate of drug-likeness (QED) is 0.155. The highest BCUT2D eigenvalue weighted by Gasteiger charge is 2.72. The Hall–Kier alpha value is -4.32. The van der Waals surface area contributed by atoms with Crippen LogP contribution in [-0.4, -0.2) is 80.6 Å². The van der Waals surface area contributed by atoms with E-state index in [4.69, 9.17) is 16.5 Å². The van der Waals surface area contributed by atoms with Crippen LogP contribution in [0.25, 0.3) is 11.3 Å². The van der Waals surface area contributed by atoms with Crippen molar-refractivity contribution in [1.82, 2.24) is 29.9 Å². The molecule has 4 atom stereocenters. The van der Waals surface area contributed by atoms with Crippen molar-refractivity contribution in [1.29, 1.82) is 0 Å². The molecule has 4 aliphatic rings. The minimum atomic E-state index is -2.49. The smallest absolute Gasteiger partial charge is 0.535 e. The summed E-state index contributed by atoms with van der Waals surface area (Å²) < 4.78 is 57.7. The van der Waals surface area contributed by atoms with Crippen LogP contribution in [0.1, 0.15) is 7.43 Å². The number of pyridine rings is 2. The zero-order valence-electron chi connectivity index (χ0n) is 24.0. The van der Waals surface area contributed by atoms with E-state index in [1.807, 2.05) is 29.2 Å². The van der Waals surface area contributed by atoms with Crippen molar-refractivity contribution in [2.24, 2.45) is 23.7 Å². The summed E-state index contributed by atoms with van der Waals surface area (Å²) in [5.41, 5.74) is 12.4. The molecule has 2 saturated heterocycles. The van der Waals surface area contributed by atoms with E-state index in [0.29, 0.717) is 68.8 Å². The van der Waals surface area contributed by atoms with Gasteiger partial charge in [0.2, 0.25) is 11.9 Å². The molecule has 4 aromatic rings. The van der Waals surface area contributed by atoms with Gasteiger partial charge in [0.25, 0.3) is 11.8 Å². The fourth-order valence-corrected chi connectivity index (χ4v) is 5.95. The van der Waals surface area contributed by atoms with E-state index in [2.05, 4.69) is 50.5 Å². The van der Waals surface area contributed by atoms with Crippen molar-refractivity contribution < 1.29 is 27.2 Å². The van der Waals surface area contributed by atoms with Gasteiger partial charge in [0, 0.05) is 44.1 Å². The van der Waals surface area contributed by atoms with Crippen molar-refractivity contribution in [2.45, 2.75) is 19.3 Å². The molecule has 8 rings (SSSR count). The molecule has 1 radical (unpaired) electrons. The maximum absolute atomic E-state index is 13.2. The lowest BCUT2D eigenvalue weighted by Crippen LogP contribution is -2.28. The Kier molecular flexibility index (Phi) is 9.72. The fourth-order valence-electron chi connectivity index (χ4n) is 5.59.